The fraction of sp³-hybridized carbons (Fsp3) is 0.0800. The number of nitro groups is 1. The summed E-state index contributed by atoms with van der Waals surface area (Å²) in [5, 5.41) is 25.7. The average Bonchev–Trinajstić information content (AvgIpc) is 2.83. The Bertz CT molecular complexity index is 1360. The second-order valence-corrected chi connectivity index (χ2v) is 7.68. The molecule has 0 heterocycles. The summed E-state index contributed by atoms with van der Waals surface area (Å²) in [6.45, 7) is 1.61. The van der Waals surface area contributed by atoms with Crippen molar-refractivity contribution in [3.8, 4) is 11.8 Å². The van der Waals surface area contributed by atoms with Crippen molar-refractivity contribution in [2.45, 2.75) is 6.92 Å². The Hall–Kier alpha value is -4.68. The third-order valence-corrected chi connectivity index (χ3v) is 5.02. The smallest absolute Gasteiger partial charge is 0.271 e. The Morgan fingerprint density at radius 1 is 1.11 bits per heavy atom. The van der Waals surface area contributed by atoms with Crippen LogP contribution in [0.2, 0.25) is 5.02 Å². The number of anilines is 2. The van der Waals surface area contributed by atoms with E-state index in [9.17, 15) is 25.0 Å². The number of nitrogens with zero attached hydrogens (tertiary/aromatic N) is 2. The van der Waals surface area contributed by atoms with E-state index in [1.54, 1.807) is 18.2 Å². The number of nitrogens with one attached hydrogen (secondary N) is 2. The Labute approximate surface area is 205 Å². The molecule has 0 aromatic heterocycles. The van der Waals surface area contributed by atoms with Gasteiger partial charge in [-0.25, -0.2) is 0 Å². The maximum absolute atomic E-state index is 12.5. The fourth-order valence-corrected chi connectivity index (χ4v) is 3.22. The molecule has 0 saturated heterocycles. The van der Waals surface area contributed by atoms with E-state index in [2.05, 4.69) is 10.6 Å². The van der Waals surface area contributed by atoms with Crippen LogP contribution in [-0.4, -0.2) is 23.3 Å². The number of hydrogen-bond acceptors (Lipinski definition) is 6. The van der Waals surface area contributed by atoms with E-state index in [1.807, 2.05) is 25.1 Å². The topological polar surface area (TPSA) is 134 Å². The van der Waals surface area contributed by atoms with E-state index >= 15 is 0 Å². The summed E-state index contributed by atoms with van der Waals surface area (Å²) in [5.74, 6) is -0.843. The Balaban J connectivity index is 1.65. The molecule has 0 aliphatic carbocycles. The first-order valence-electron chi connectivity index (χ1n) is 10.2. The maximum atomic E-state index is 12.5. The van der Waals surface area contributed by atoms with Gasteiger partial charge < -0.3 is 15.4 Å². The van der Waals surface area contributed by atoms with Gasteiger partial charge in [0.1, 0.15) is 17.4 Å². The zero-order valence-electron chi connectivity index (χ0n) is 18.4. The van der Waals surface area contributed by atoms with Crippen LogP contribution >= 0.6 is 11.6 Å². The van der Waals surface area contributed by atoms with Crippen LogP contribution in [0.5, 0.6) is 5.75 Å². The molecule has 0 aliphatic heterocycles. The summed E-state index contributed by atoms with van der Waals surface area (Å²) >= 11 is 6.25. The highest BCUT2D eigenvalue weighted by Gasteiger charge is 2.13. The number of hydrogen-bond donors (Lipinski definition) is 2. The Morgan fingerprint density at radius 2 is 1.89 bits per heavy atom. The Kier molecular flexibility index (Phi) is 8.16. The van der Waals surface area contributed by atoms with Gasteiger partial charge in [-0.1, -0.05) is 41.9 Å². The number of carbonyl (C=O) groups is 2. The van der Waals surface area contributed by atoms with Gasteiger partial charge in [0.15, 0.2) is 6.61 Å². The van der Waals surface area contributed by atoms with Gasteiger partial charge in [-0.05, 0) is 48.4 Å². The van der Waals surface area contributed by atoms with E-state index in [-0.39, 0.29) is 40.2 Å². The molecular formula is C25H19ClN4O5. The summed E-state index contributed by atoms with van der Waals surface area (Å²) in [7, 11) is 0. The molecule has 0 spiro atoms. The van der Waals surface area contributed by atoms with Crippen molar-refractivity contribution in [2.24, 2.45) is 0 Å². The lowest BCUT2D eigenvalue weighted by Gasteiger charge is -2.11. The van der Waals surface area contributed by atoms with E-state index in [0.717, 1.165) is 5.56 Å². The van der Waals surface area contributed by atoms with Gasteiger partial charge in [0, 0.05) is 23.5 Å². The fourth-order valence-electron chi connectivity index (χ4n) is 2.98. The number of aryl methyl sites for hydroxylation is 1. The third kappa shape index (κ3) is 6.90. The first-order valence-corrected chi connectivity index (χ1v) is 10.6. The predicted octanol–water partition coefficient (Wildman–Crippen LogP) is 5.12. The third-order valence-electron chi connectivity index (χ3n) is 4.72. The van der Waals surface area contributed by atoms with Crippen LogP contribution in [-0.2, 0) is 9.59 Å². The highest BCUT2D eigenvalue weighted by molar-refractivity contribution is 6.32. The molecule has 0 aliphatic rings. The molecule has 10 heteroatoms. The van der Waals surface area contributed by atoms with E-state index in [1.165, 1.54) is 42.5 Å². The Morgan fingerprint density at radius 3 is 2.57 bits per heavy atom. The second kappa shape index (κ2) is 11.4. The molecule has 0 unspecified atom stereocenters. The standard InChI is InChI=1S/C25H19ClN4O5/c1-16-5-2-3-8-22(16)29-24(31)15-35-23-10-9-17(12-21(23)26)11-18(14-27)25(32)28-19-6-4-7-20(13-19)30(33)34/h2-13H,15H2,1H3,(H,28,32)(H,29,31)/b18-11-. The monoisotopic (exact) mass is 490 g/mol. The molecule has 2 amide bonds. The van der Waals surface area contributed by atoms with Crippen molar-refractivity contribution in [1.29, 1.82) is 5.26 Å². The zero-order chi connectivity index (χ0) is 25.4. The summed E-state index contributed by atoms with van der Waals surface area (Å²) in [6.07, 6.45) is 1.31. The number of carbonyl (C=O) groups excluding carboxylic acids is 2. The van der Waals surface area contributed by atoms with E-state index in [4.69, 9.17) is 16.3 Å². The zero-order valence-corrected chi connectivity index (χ0v) is 19.2. The molecule has 0 radical (unpaired) electrons. The molecule has 0 fully saturated rings. The minimum atomic E-state index is -0.739. The van der Waals surface area contributed by atoms with Crippen molar-refractivity contribution >= 4 is 46.6 Å². The van der Waals surface area contributed by atoms with Crippen LogP contribution in [0.25, 0.3) is 6.08 Å². The van der Waals surface area contributed by atoms with Gasteiger partial charge in [-0.3, -0.25) is 19.7 Å². The van der Waals surface area contributed by atoms with Gasteiger partial charge in [0.05, 0.1) is 9.95 Å². The molecule has 3 rings (SSSR count). The van der Waals surface area contributed by atoms with E-state index < -0.39 is 10.8 Å². The maximum Gasteiger partial charge on any atom is 0.271 e. The second-order valence-electron chi connectivity index (χ2n) is 7.27. The quantitative estimate of drug-likeness (QED) is 0.195. The molecule has 3 aromatic rings. The van der Waals surface area contributed by atoms with Gasteiger partial charge in [0.2, 0.25) is 0 Å². The first-order chi connectivity index (χ1) is 16.8. The van der Waals surface area contributed by atoms with Crippen LogP contribution in [0.3, 0.4) is 0 Å². The molecule has 0 atom stereocenters. The lowest BCUT2D eigenvalue weighted by molar-refractivity contribution is -0.384. The normalized spacial score (nSPS) is 10.7. The predicted molar refractivity (Wildman–Crippen MR) is 132 cm³/mol. The van der Waals surface area contributed by atoms with Crippen LogP contribution in [0.1, 0.15) is 11.1 Å². The van der Waals surface area contributed by atoms with Crippen LogP contribution < -0.4 is 15.4 Å². The number of amides is 2. The number of ether oxygens (including phenoxy) is 1. The minimum Gasteiger partial charge on any atom is -0.482 e. The molecule has 176 valence electrons. The van der Waals surface area contributed by atoms with Crippen LogP contribution in [0.15, 0.2) is 72.3 Å². The van der Waals surface area contributed by atoms with Crippen LogP contribution in [0.4, 0.5) is 17.1 Å². The average molecular weight is 491 g/mol. The molecule has 0 saturated carbocycles. The molecular weight excluding hydrogens is 472 g/mol. The van der Waals surface area contributed by atoms with E-state index in [0.29, 0.717) is 11.3 Å². The van der Waals surface area contributed by atoms with Gasteiger partial charge in [-0.15, -0.1) is 0 Å². The summed E-state index contributed by atoms with van der Waals surface area (Å²) in [6, 6.07) is 19.1. The highest BCUT2D eigenvalue weighted by Crippen LogP contribution is 2.27. The number of rotatable bonds is 8. The number of non-ortho nitro benzene ring substituents is 1. The first kappa shape index (κ1) is 25.0. The number of halogens is 1. The van der Waals surface area contributed by atoms with Crippen molar-refractivity contribution in [1.82, 2.24) is 0 Å². The molecule has 2 N–H and O–H groups in total. The molecule has 9 nitrogen and oxygen atoms in total. The van der Waals surface area contributed by atoms with Crippen molar-refractivity contribution in [3.63, 3.8) is 0 Å². The summed E-state index contributed by atoms with van der Waals surface area (Å²) < 4.78 is 5.49. The molecule has 0 bridgehead atoms. The van der Waals surface area contributed by atoms with Crippen molar-refractivity contribution in [3.05, 3.63) is 98.6 Å². The molecule has 3 aromatic carbocycles. The number of para-hydroxylation sites is 1. The summed E-state index contributed by atoms with van der Waals surface area (Å²) in [4.78, 5) is 34.9. The van der Waals surface area contributed by atoms with Gasteiger partial charge in [-0.2, -0.15) is 5.26 Å². The largest absolute Gasteiger partial charge is 0.482 e. The van der Waals surface area contributed by atoms with Gasteiger partial charge in [0.25, 0.3) is 17.5 Å². The van der Waals surface area contributed by atoms with Gasteiger partial charge >= 0.3 is 0 Å². The lowest BCUT2D eigenvalue weighted by Crippen LogP contribution is -2.20. The number of nitro benzene ring substituents is 1. The number of benzene rings is 3. The highest BCUT2D eigenvalue weighted by atomic mass is 35.5. The summed E-state index contributed by atoms with van der Waals surface area (Å²) in [5.41, 5.74) is 1.78. The number of nitriles is 1. The van der Waals surface area contributed by atoms with Crippen molar-refractivity contribution in [2.75, 3.05) is 17.2 Å². The molecule has 35 heavy (non-hydrogen) atoms. The SMILES string of the molecule is Cc1ccccc1NC(=O)COc1ccc(/C=C(/C#N)C(=O)Nc2cccc([N+](=O)[O-])c2)cc1Cl. The van der Waals surface area contributed by atoms with Crippen LogP contribution in [0, 0.1) is 28.4 Å². The lowest BCUT2D eigenvalue weighted by atomic mass is 10.1. The minimum absolute atomic E-state index is 0.177. The van der Waals surface area contributed by atoms with Crippen molar-refractivity contribution < 1.29 is 19.2 Å².